The van der Waals surface area contributed by atoms with E-state index in [0.29, 0.717) is 5.92 Å². The van der Waals surface area contributed by atoms with Crippen molar-refractivity contribution in [1.29, 1.82) is 0 Å². The van der Waals surface area contributed by atoms with Crippen LogP contribution in [0.25, 0.3) is 0 Å². The molecule has 0 heterocycles. The SMILES string of the molecule is C=C(C)/C(CCC(=C)C(CCC)CCC)=C(\C)Cl. The molecule has 0 rings (SSSR count). The maximum absolute atomic E-state index is 6.11. The van der Waals surface area contributed by atoms with E-state index in [0.717, 1.165) is 23.4 Å². The fraction of sp³-hybridized carbons (Fsp3) is 0.647. The number of rotatable bonds is 9. The van der Waals surface area contributed by atoms with Crippen molar-refractivity contribution in [2.45, 2.75) is 66.2 Å². The lowest BCUT2D eigenvalue weighted by atomic mass is 9.87. The van der Waals surface area contributed by atoms with Crippen molar-refractivity contribution in [3.63, 3.8) is 0 Å². The number of hydrogen-bond donors (Lipinski definition) is 0. The summed E-state index contributed by atoms with van der Waals surface area (Å²) in [6, 6.07) is 0. The third-order valence-corrected chi connectivity index (χ3v) is 3.71. The number of allylic oxidation sites excluding steroid dienone is 4. The van der Waals surface area contributed by atoms with Gasteiger partial charge in [0.15, 0.2) is 0 Å². The van der Waals surface area contributed by atoms with E-state index in [1.165, 1.54) is 36.8 Å². The summed E-state index contributed by atoms with van der Waals surface area (Å²) in [5.41, 5.74) is 3.66. The largest absolute Gasteiger partial charge is 0.0996 e. The van der Waals surface area contributed by atoms with Gasteiger partial charge in [-0.25, -0.2) is 0 Å². The van der Waals surface area contributed by atoms with E-state index >= 15 is 0 Å². The molecule has 0 spiro atoms. The lowest BCUT2D eigenvalue weighted by molar-refractivity contribution is 0.490. The summed E-state index contributed by atoms with van der Waals surface area (Å²) in [6.45, 7) is 16.8. The lowest BCUT2D eigenvalue weighted by Crippen LogP contribution is -2.04. The molecule has 0 aromatic carbocycles. The summed E-state index contributed by atoms with van der Waals surface area (Å²) >= 11 is 6.11. The van der Waals surface area contributed by atoms with E-state index < -0.39 is 0 Å². The summed E-state index contributed by atoms with van der Waals surface area (Å²) in [7, 11) is 0. The smallest absolute Gasteiger partial charge is 0.0184 e. The molecule has 0 saturated carbocycles. The Kier molecular flexibility index (Phi) is 9.18. The van der Waals surface area contributed by atoms with Gasteiger partial charge in [0.05, 0.1) is 0 Å². The average molecular weight is 269 g/mol. The Hall–Kier alpha value is -0.490. The average Bonchev–Trinajstić information content (AvgIpc) is 2.27. The van der Waals surface area contributed by atoms with Gasteiger partial charge in [-0.2, -0.15) is 0 Å². The quantitative estimate of drug-likeness (QED) is 0.325. The van der Waals surface area contributed by atoms with Crippen LogP contribution in [0.15, 0.2) is 34.9 Å². The lowest BCUT2D eigenvalue weighted by Gasteiger charge is -2.19. The van der Waals surface area contributed by atoms with Crippen LogP contribution in [0, 0.1) is 5.92 Å². The van der Waals surface area contributed by atoms with Crippen LogP contribution in [0.1, 0.15) is 66.2 Å². The molecule has 0 nitrogen and oxygen atoms in total. The topological polar surface area (TPSA) is 0 Å². The van der Waals surface area contributed by atoms with Crippen molar-refractivity contribution in [3.05, 3.63) is 34.9 Å². The Labute approximate surface area is 119 Å². The van der Waals surface area contributed by atoms with Crippen LogP contribution in [0.2, 0.25) is 0 Å². The first-order valence-electron chi connectivity index (χ1n) is 7.12. The molecular formula is C17H29Cl. The molecule has 1 heteroatoms. The summed E-state index contributed by atoms with van der Waals surface area (Å²) < 4.78 is 0. The number of halogens is 1. The fourth-order valence-electron chi connectivity index (χ4n) is 2.42. The molecule has 0 fully saturated rings. The van der Waals surface area contributed by atoms with Crippen molar-refractivity contribution in [2.75, 3.05) is 0 Å². The first kappa shape index (κ1) is 17.5. The predicted molar refractivity (Wildman–Crippen MR) is 85.0 cm³/mol. The molecule has 0 unspecified atom stereocenters. The van der Waals surface area contributed by atoms with E-state index in [9.17, 15) is 0 Å². The number of hydrogen-bond acceptors (Lipinski definition) is 0. The van der Waals surface area contributed by atoms with Crippen molar-refractivity contribution in [1.82, 2.24) is 0 Å². The maximum atomic E-state index is 6.11. The maximum Gasteiger partial charge on any atom is 0.0184 e. The van der Waals surface area contributed by atoms with Crippen LogP contribution in [0.4, 0.5) is 0 Å². The predicted octanol–water partition coefficient (Wildman–Crippen LogP) is 6.63. The van der Waals surface area contributed by atoms with Gasteiger partial charge in [-0.1, -0.05) is 62.6 Å². The van der Waals surface area contributed by atoms with E-state index in [1.807, 2.05) is 13.8 Å². The zero-order valence-corrected chi connectivity index (χ0v) is 13.4. The molecule has 0 bridgehead atoms. The van der Waals surface area contributed by atoms with Crippen LogP contribution >= 0.6 is 11.6 Å². The van der Waals surface area contributed by atoms with Crippen LogP contribution in [0.5, 0.6) is 0 Å². The third kappa shape index (κ3) is 6.44. The van der Waals surface area contributed by atoms with Gasteiger partial charge in [-0.3, -0.25) is 0 Å². The molecule has 0 radical (unpaired) electrons. The van der Waals surface area contributed by atoms with Crippen LogP contribution in [0.3, 0.4) is 0 Å². The molecule has 0 aliphatic rings. The second-order valence-corrected chi connectivity index (χ2v) is 5.79. The summed E-state index contributed by atoms with van der Waals surface area (Å²) in [5, 5.41) is 0.873. The highest BCUT2D eigenvalue weighted by molar-refractivity contribution is 6.29. The zero-order valence-electron chi connectivity index (χ0n) is 12.6. The second-order valence-electron chi connectivity index (χ2n) is 5.22. The van der Waals surface area contributed by atoms with Gasteiger partial charge in [0.25, 0.3) is 0 Å². The Morgan fingerprint density at radius 2 is 1.50 bits per heavy atom. The normalized spacial score (nSPS) is 12.6. The van der Waals surface area contributed by atoms with Crippen molar-refractivity contribution < 1.29 is 0 Å². The van der Waals surface area contributed by atoms with Crippen molar-refractivity contribution >= 4 is 11.6 Å². The molecular weight excluding hydrogens is 240 g/mol. The highest BCUT2D eigenvalue weighted by Gasteiger charge is 2.12. The summed E-state index contributed by atoms with van der Waals surface area (Å²) in [4.78, 5) is 0. The second kappa shape index (κ2) is 9.44. The van der Waals surface area contributed by atoms with Crippen LogP contribution in [-0.4, -0.2) is 0 Å². The van der Waals surface area contributed by atoms with Gasteiger partial charge in [-0.15, -0.1) is 0 Å². The molecule has 0 N–H and O–H groups in total. The van der Waals surface area contributed by atoms with Crippen molar-refractivity contribution in [2.24, 2.45) is 5.92 Å². The Morgan fingerprint density at radius 3 is 1.83 bits per heavy atom. The molecule has 0 aliphatic heterocycles. The monoisotopic (exact) mass is 268 g/mol. The van der Waals surface area contributed by atoms with E-state index in [-0.39, 0.29) is 0 Å². The van der Waals surface area contributed by atoms with E-state index in [1.54, 1.807) is 0 Å². The first-order chi connectivity index (χ1) is 8.43. The molecule has 0 aromatic heterocycles. The molecule has 18 heavy (non-hydrogen) atoms. The van der Waals surface area contributed by atoms with Gasteiger partial charge in [0.1, 0.15) is 0 Å². The molecule has 0 amide bonds. The standard InChI is InChI=1S/C17H29Cl/c1-7-9-16(10-8-2)14(5)11-12-17(13(3)4)15(6)18/h16H,3,5,7-12H2,1-2,4,6H3/b17-15+. The Morgan fingerprint density at radius 1 is 1.00 bits per heavy atom. The van der Waals surface area contributed by atoms with Gasteiger partial charge in [0.2, 0.25) is 0 Å². The molecule has 0 aromatic rings. The highest BCUT2D eigenvalue weighted by Crippen LogP contribution is 2.29. The van der Waals surface area contributed by atoms with Gasteiger partial charge >= 0.3 is 0 Å². The van der Waals surface area contributed by atoms with Crippen LogP contribution < -0.4 is 0 Å². The van der Waals surface area contributed by atoms with E-state index in [4.69, 9.17) is 11.6 Å². The van der Waals surface area contributed by atoms with Gasteiger partial charge in [-0.05, 0) is 51.0 Å². The summed E-state index contributed by atoms with van der Waals surface area (Å²) in [6.07, 6.45) is 7.02. The minimum absolute atomic E-state index is 0.682. The molecule has 0 saturated heterocycles. The van der Waals surface area contributed by atoms with E-state index in [2.05, 4.69) is 27.0 Å². The molecule has 0 aliphatic carbocycles. The zero-order chi connectivity index (χ0) is 14.1. The summed E-state index contributed by atoms with van der Waals surface area (Å²) in [5.74, 6) is 0.682. The first-order valence-corrected chi connectivity index (χ1v) is 7.50. The Bertz CT molecular complexity index is 300. The fourth-order valence-corrected chi connectivity index (χ4v) is 2.67. The van der Waals surface area contributed by atoms with Crippen molar-refractivity contribution in [3.8, 4) is 0 Å². The highest BCUT2D eigenvalue weighted by atomic mass is 35.5. The minimum Gasteiger partial charge on any atom is -0.0996 e. The van der Waals surface area contributed by atoms with Crippen LogP contribution in [-0.2, 0) is 0 Å². The Balaban J connectivity index is 4.46. The van der Waals surface area contributed by atoms with Gasteiger partial charge < -0.3 is 0 Å². The van der Waals surface area contributed by atoms with Gasteiger partial charge in [0, 0.05) is 5.03 Å². The third-order valence-electron chi connectivity index (χ3n) is 3.48. The molecule has 0 atom stereocenters. The minimum atomic E-state index is 0.682. The molecule has 104 valence electrons.